The minimum absolute atomic E-state index is 0.570. The fourth-order valence-electron chi connectivity index (χ4n) is 1.77. The highest BCUT2D eigenvalue weighted by Crippen LogP contribution is 2.25. The molecule has 0 spiro atoms. The van der Waals surface area contributed by atoms with Crippen LogP contribution >= 0.6 is 15.9 Å². The SMILES string of the molecule is Cc1nc(CNc2c(C)cc(Br)cc2C)no1. The van der Waals surface area contributed by atoms with Crippen LogP contribution in [0.4, 0.5) is 5.69 Å². The Morgan fingerprint density at radius 3 is 2.41 bits per heavy atom. The Hall–Kier alpha value is -1.36. The molecular formula is C12H14BrN3O. The van der Waals surface area contributed by atoms with Crippen molar-refractivity contribution >= 4 is 21.6 Å². The fraction of sp³-hybridized carbons (Fsp3) is 0.333. The maximum Gasteiger partial charge on any atom is 0.223 e. The standard InChI is InChI=1S/C12H14BrN3O/c1-7-4-10(13)5-8(2)12(7)14-6-11-15-9(3)17-16-11/h4-5,14H,6H2,1-3H3. The molecule has 0 atom stereocenters. The average Bonchev–Trinajstić information content (AvgIpc) is 2.62. The van der Waals surface area contributed by atoms with Crippen molar-refractivity contribution in [2.45, 2.75) is 27.3 Å². The van der Waals surface area contributed by atoms with E-state index < -0.39 is 0 Å². The summed E-state index contributed by atoms with van der Waals surface area (Å²) in [6.45, 7) is 6.50. The molecule has 1 heterocycles. The van der Waals surface area contributed by atoms with Crippen LogP contribution in [0.5, 0.6) is 0 Å². The Kier molecular flexibility index (Phi) is 3.47. The zero-order chi connectivity index (χ0) is 12.4. The van der Waals surface area contributed by atoms with Crippen LogP contribution in [-0.4, -0.2) is 10.1 Å². The third kappa shape index (κ3) is 2.85. The van der Waals surface area contributed by atoms with Gasteiger partial charge in [0.15, 0.2) is 5.82 Å². The largest absolute Gasteiger partial charge is 0.377 e. The van der Waals surface area contributed by atoms with E-state index in [1.165, 1.54) is 11.1 Å². The van der Waals surface area contributed by atoms with E-state index in [1.807, 2.05) is 0 Å². The van der Waals surface area contributed by atoms with E-state index in [9.17, 15) is 0 Å². The molecule has 5 heteroatoms. The Morgan fingerprint density at radius 2 is 1.88 bits per heavy atom. The highest BCUT2D eigenvalue weighted by Gasteiger charge is 2.06. The van der Waals surface area contributed by atoms with Gasteiger partial charge in [-0.15, -0.1) is 0 Å². The number of hydrogen-bond donors (Lipinski definition) is 1. The second-order valence-corrected chi connectivity index (χ2v) is 4.91. The van der Waals surface area contributed by atoms with Gasteiger partial charge < -0.3 is 9.84 Å². The fourth-order valence-corrected chi connectivity index (χ4v) is 2.46. The minimum atomic E-state index is 0.570. The number of aromatic nitrogens is 2. The summed E-state index contributed by atoms with van der Waals surface area (Å²) in [5, 5.41) is 7.18. The van der Waals surface area contributed by atoms with Gasteiger partial charge in [0.1, 0.15) is 0 Å². The molecule has 0 bridgehead atoms. The smallest absolute Gasteiger partial charge is 0.223 e. The zero-order valence-corrected chi connectivity index (χ0v) is 11.6. The average molecular weight is 296 g/mol. The van der Waals surface area contributed by atoms with Crippen LogP contribution in [0.25, 0.3) is 0 Å². The van der Waals surface area contributed by atoms with Crippen LogP contribution in [0.3, 0.4) is 0 Å². The van der Waals surface area contributed by atoms with Crippen LogP contribution in [0.2, 0.25) is 0 Å². The van der Waals surface area contributed by atoms with E-state index >= 15 is 0 Å². The van der Waals surface area contributed by atoms with Gasteiger partial charge >= 0.3 is 0 Å². The van der Waals surface area contributed by atoms with E-state index in [0.717, 1.165) is 10.2 Å². The summed E-state index contributed by atoms with van der Waals surface area (Å²) in [4.78, 5) is 4.15. The molecule has 0 amide bonds. The van der Waals surface area contributed by atoms with Gasteiger partial charge in [0.2, 0.25) is 5.89 Å². The Labute approximate surface area is 109 Å². The number of halogens is 1. The number of hydrogen-bond acceptors (Lipinski definition) is 4. The van der Waals surface area contributed by atoms with Gasteiger partial charge in [-0.3, -0.25) is 0 Å². The first kappa shape index (κ1) is 12.1. The predicted molar refractivity (Wildman–Crippen MR) is 70.0 cm³/mol. The second kappa shape index (κ2) is 4.87. The van der Waals surface area contributed by atoms with Gasteiger partial charge in [-0.25, -0.2) is 0 Å². The predicted octanol–water partition coefficient (Wildman–Crippen LogP) is 3.37. The second-order valence-electron chi connectivity index (χ2n) is 4.00. The van der Waals surface area contributed by atoms with Gasteiger partial charge in [0, 0.05) is 17.1 Å². The van der Waals surface area contributed by atoms with Gasteiger partial charge in [0.05, 0.1) is 6.54 Å². The third-order valence-corrected chi connectivity index (χ3v) is 2.95. The van der Waals surface area contributed by atoms with Crippen molar-refractivity contribution in [2.75, 3.05) is 5.32 Å². The van der Waals surface area contributed by atoms with E-state index in [-0.39, 0.29) is 0 Å². The van der Waals surface area contributed by atoms with Crippen LogP contribution in [-0.2, 0) is 6.54 Å². The lowest BCUT2D eigenvalue weighted by molar-refractivity contribution is 0.388. The highest BCUT2D eigenvalue weighted by atomic mass is 79.9. The van der Waals surface area contributed by atoms with Crippen molar-refractivity contribution in [3.8, 4) is 0 Å². The van der Waals surface area contributed by atoms with Crippen LogP contribution in [0, 0.1) is 20.8 Å². The third-order valence-electron chi connectivity index (χ3n) is 2.49. The lowest BCUT2D eigenvalue weighted by atomic mass is 10.1. The molecule has 17 heavy (non-hydrogen) atoms. The first-order chi connectivity index (χ1) is 8.06. The summed E-state index contributed by atoms with van der Waals surface area (Å²) < 4.78 is 6.02. The highest BCUT2D eigenvalue weighted by molar-refractivity contribution is 9.10. The molecule has 4 nitrogen and oxygen atoms in total. The summed E-state index contributed by atoms with van der Waals surface area (Å²) in [5.41, 5.74) is 3.50. The molecule has 0 aliphatic carbocycles. The normalized spacial score (nSPS) is 10.6. The van der Waals surface area contributed by atoms with Crippen LogP contribution in [0.1, 0.15) is 22.8 Å². The molecule has 0 saturated heterocycles. The number of benzene rings is 1. The van der Waals surface area contributed by atoms with Gasteiger partial charge in [-0.05, 0) is 37.1 Å². The molecule has 0 fully saturated rings. The summed E-state index contributed by atoms with van der Waals surface area (Å²) >= 11 is 3.48. The summed E-state index contributed by atoms with van der Waals surface area (Å²) in [5.74, 6) is 1.26. The Bertz CT molecular complexity index is 513. The quantitative estimate of drug-likeness (QED) is 0.943. The number of aryl methyl sites for hydroxylation is 3. The molecule has 0 aliphatic heterocycles. The van der Waals surface area contributed by atoms with Gasteiger partial charge in [0.25, 0.3) is 0 Å². The van der Waals surface area contributed by atoms with Gasteiger partial charge in [-0.2, -0.15) is 4.98 Å². The monoisotopic (exact) mass is 295 g/mol. The minimum Gasteiger partial charge on any atom is -0.377 e. The first-order valence-corrected chi connectivity index (χ1v) is 6.15. The van der Waals surface area contributed by atoms with E-state index in [1.54, 1.807) is 6.92 Å². The molecule has 0 saturated carbocycles. The molecule has 1 aromatic heterocycles. The van der Waals surface area contributed by atoms with Crippen molar-refractivity contribution in [3.05, 3.63) is 39.4 Å². The lowest BCUT2D eigenvalue weighted by Crippen LogP contribution is -2.04. The van der Waals surface area contributed by atoms with Gasteiger partial charge in [-0.1, -0.05) is 21.1 Å². The Morgan fingerprint density at radius 1 is 1.24 bits per heavy atom. The molecular weight excluding hydrogens is 282 g/mol. The van der Waals surface area contributed by atoms with Crippen molar-refractivity contribution in [2.24, 2.45) is 0 Å². The molecule has 0 unspecified atom stereocenters. The first-order valence-electron chi connectivity index (χ1n) is 5.36. The number of nitrogens with zero attached hydrogens (tertiary/aromatic N) is 2. The number of nitrogens with one attached hydrogen (secondary N) is 1. The van der Waals surface area contributed by atoms with Crippen LogP contribution < -0.4 is 5.32 Å². The molecule has 2 rings (SSSR count). The van der Waals surface area contributed by atoms with Crippen molar-refractivity contribution in [3.63, 3.8) is 0 Å². The Balaban J connectivity index is 2.14. The summed E-state index contributed by atoms with van der Waals surface area (Å²) in [7, 11) is 0. The maximum atomic E-state index is 4.92. The molecule has 2 aromatic rings. The molecule has 0 aliphatic rings. The maximum absolute atomic E-state index is 4.92. The number of rotatable bonds is 3. The molecule has 1 N–H and O–H groups in total. The molecule has 0 radical (unpaired) electrons. The van der Waals surface area contributed by atoms with E-state index in [2.05, 4.69) is 57.4 Å². The molecule has 90 valence electrons. The molecule has 1 aromatic carbocycles. The van der Waals surface area contributed by atoms with Crippen molar-refractivity contribution in [1.29, 1.82) is 0 Å². The van der Waals surface area contributed by atoms with E-state index in [0.29, 0.717) is 18.3 Å². The van der Waals surface area contributed by atoms with Crippen molar-refractivity contribution in [1.82, 2.24) is 10.1 Å². The van der Waals surface area contributed by atoms with E-state index in [4.69, 9.17) is 4.52 Å². The van der Waals surface area contributed by atoms with Crippen LogP contribution in [0.15, 0.2) is 21.1 Å². The topological polar surface area (TPSA) is 51.0 Å². The lowest BCUT2D eigenvalue weighted by Gasteiger charge is -2.11. The van der Waals surface area contributed by atoms with Crippen molar-refractivity contribution < 1.29 is 4.52 Å². The summed E-state index contributed by atoms with van der Waals surface area (Å²) in [6, 6.07) is 4.16. The zero-order valence-electron chi connectivity index (χ0n) is 10.0. The summed E-state index contributed by atoms with van der Waals surface area (Å²) in [6.07, 6.45) is 0. The number of anilines is 1.